The molecule has 0 amide bonds. The molecule has 0 saturated heterocycles. The average Bonchev–Trinajstić information content (AvgIpc) is 2.24. The van der Waals surface area contributed by atoms with E-state index in [1.54, 1.807) is 0 Å². The Labute approximate surface area is 105 Å². The van der Waals surface area contributed by atoms with Gasteiger partial charge in [0.1, 0.15) is 0 Å². The van der Waals surface area contributed by atoms with E-state index in [2.05, 4.69) is 57.8 Å². The van der Waals surface area contributed by atoms with Crippen molar-refractivity contribution < 1.29 is 5.11 Å². The van der Waals surface area contributed by atoms with Crippen LogP contribution in [0.2, 0.25) is 0 Å². The standard InChI is InChI=1S/C15H25NO/c1-12-11-13(15(2,3)4)7-8-14(12)16(5)9-6-10-17/h7-8,11,17H,6,9-10H2,1-5H3. The lowest BCUT2D eigenvalue weighted by Gasteiger charge is -2.25. The topological polar surface area (TPSA) is 23.5 Å². The van der Waals surface area contributed by atoms with Crippen LogP contribution in [-0.4, -0.2) is 25.3 Å². The van der Waals surface area contributed by atoms with Gasteiger partial charge in [0, 0.05) is 25.9 Å². The first kappa shape index (κ1) is 14.0. The number of nitrogens with zero attached hydrogens (tertiary/aromatic N) is 1. The van der Waals surface area contributed by atoms with Gasteiger partial charge in [0.05, 0.1) is 0 Å². The van der Waals surface area contributed by atoms with Gasteiger partial charge in [0.15, 0.2) is 0 Å². The fraction of sp³-hybridized carbons (Fsp3) is 0.600. The summed E-state index contributed by atoms with van der Waals surface area (Å²) in [5.41, 5.74) is 4.13. The lowest BCUT2D eigenvalue weighted by Crippen LogP contribution is -2.21. The Hall–Kier alpha value is -1.02. The zero-order valence-electron chi connectivity index (χ0n) is 11.7. The molecule has 1 rings (SSSR count). The Morgan fingerprint density at radius 3 is 2.35 bits per heavy atom. The van der Waals surface area contributed by atoms with Crippen LogP contribution in [0.4, 0.5) is 5.69 Å². The van der Waals surface area contributed by atoms with E-state index in [9.17, 15) is 0 Å². The maximum atomic E-state index is 8.86. The first-order valence-corrected chi connectivity index (χ1v) is 6.29. The highest BCUT2D eigenvalue weighted by Gasteiger charge is 2.15. The Morgan fingerprint density at radius 2 is 1.88 bits per heavy atom. The van der Waals surface area contributed by atoms with Crippen molar-refractivity contribution in [2.45, 2.75) is 39.5 Å². The molecule has 0 aliphatic rings. The number of benzene rings is 1. The van der Waals surface area contributed by atoms with Crippen molar-refractivity contribution in [2.75, 3.05) is 25.1 Å². The van der Waals surface area contributed by atoms with Gasteiger partial charge in [-0.25, -0.2) is 0 Å². The van der Waals surface area contributed by atoms with Crippen LogP contribution in [0.5, 0.6) is 0 Å². The predicted octanol–water partition coefficient (Wildman–Crippen LogP) is 3.11. The van der Waals surface area contributed by atoms with Gasteiger partial charge in [0.25, 0.3) is 0 Å². The van der Waals surface area contributed by atoms with E-state index in [1.165, 1.54) is 16.8 Å². The fourth-order valence-electron chi connectivity index (χ4n) is 1.98. The van der Waals surface area contributed by atoms with Crippen molar-refractivity contribution in [1.29, 1.82) is 0 Å². The molecule has 0 bridgehead atoms. The van der Waals surface area contributed by atoms with Gasteiger partial charge >= 0.3 is 0 Å². The summed E-state index contributed by atoms with van der Waals surface area (Å²) in [6, 6.07) is 6.66. The summed E-state index contributed by atoms with van der Waals surface area (Å²) in [5, 5.41) is 8.86. The van der Waals surface area contributed by atoms with Gasteiger partial charge in [-0.05, 0) is 36.0 Å². The molecule has 0 aromatic heterocycles. The maximum absolute atomic E-state index is 8.86. The number of anilines is 1. The van der Waals surface area contributed by atoms with Crippen LogP contribution in [-0.2, 0) is 5.41 Å². The predicted molar refractivity (Wildman–Crippen MR) is 74.9 cm³/mol. The minimum atomic E-state index is 0.201. The Kier molecular flexibility index (Phi) is 4.58. The van der Waals surface area contributed by atoms with Gasteiger partial charge in [0.2, 0.25) is 0 Å². The monoisotopic (exact) mass is 235 g/mol. The third-order valence-electron chi connectivity index (χ3n) is 3.13. The summed E-state index contributed by atoms with van der Waals surface area (Å²) in [5.74, 6) is 0. The zero-order valence-corrected chi connectivity index (χ0v) is 11.7. The minimum absolute atomic E-state index is 0.201. The molecule has 1 aromatic carbocycles. The fourth-order valence-corrected chi connectivity index (χ4v) is 1.98. The summed E-state index contributed by atoms with van der Waals surface area (Å²) in [4.78, 5) is 2.21. The molecule has 0 saturated carbocycles. The second-order valence-electron chi connectivity index (χ2n) is 5.75. The highest BCUT2D eigenvalue weighted by Crippen LogP contribution is 2.27. The zero-order chi connectivity index (χ0) is 13.1. The largest absolute Gasteiger partial charge is 0.396 e. The van der Waals surface area contributed by atoms with E-state index in [0.717, 1.165) is 13.0 Å². The highest BCUT2D eigenvalue weighted by atomic mass is 16.3. The molecule has 0 heterocycles. The summed E-state index contributed by atoms with van der Waals surface area (Å²) >= 11 is 0. The SMILES string of the molecule is Cc1cc(C(C)(C)C)ccc1N(C)CCCO. The minimum Gasteiger partial charge on any atom is -0.396 e. The number of hydrogen-bond donors (Lipinski definition) is 1. The van der Waals surface area contributed by atoms with Crippen molar-refractivity contribution in [3.63, 3.8) is 0 Å². The quantitative estimate of drug-likeness (QED) is 0.867. The Morgan fingerprint density at radius 1 is 1.24 bits per heavy atom. The van der Waals surface area contributed by atoms with E-state index >= 15 is 0 Å². The first-order valence-electron chi connectivity index (χ1n) is 6.29. The lowest BCUT2D eigenvalue weighted by molar-refractivity contribution is 0.290. The second kappa shape index (κ2) is 5.54. The third-order valence-corrected chi connectivity index (χ3v) is 3.13. The summed E-state index contributed by atoms with van der Waals surface area (Å²) in [6.07, 6.45) is 0.816. The van der Waals surface area contributed by atoms with Crippen LogP contribution in [0.3, 0.4) is 0 Å². The van der Waals surface area contributed by atoms with Gasteiger partial charge in [-0.1, -0.05) is 32.9 Å². The van der Waals surface area contributed by atoms with Crippen LogP contribution >= 0.6 is 0 Å². The molecule has 0 spiro atoms. The number of rotatable bonds is 4. The van der Waals surface area contributed by atoms with Gasteiger partial charge in [-0.2, -0.15) is 0 Å². The molecular weight excluding hydrogens is 210 g/mol. The van der Waals surface area contributed by atoms with Gasteiger partial charge < -0.3 is 10.0 Å². The normalized spacial score (nSPS) is 11.6. The van der Waals surface area contributed by atoms with Crippen molar-refractivity contribution in [2.24, 2.45) is 0 Å². The first-order chi connectivity index (χ1) is 7.86. The number of aryl methyl sites for hydroxylation is 1. The van der Waals surface area contributed by atoms with Crippen LogP contribution in [0.1, 0.15) is 38.3 Å². The molecule has 2 heteroatoms. The molecule has 0 atom stereocenters. The van der Waals surface area contributed by atoms with Gasteiger partial charge in [-0.3, -0.25) is 0 Å². The summed E-state index contributed by atoms with van der Waals surface area (Å²) in [7, 11) is 2.08. The Bertz CT molecular complexity index is 366. The molecule has 1 aromatic rings. The maximum Gasteiger partial charge on any atom is 0.0447 e. The molecule has 0 unspecified atom stereocenters. The molecule has 0 radical (unpaired) electrons. The molecule has 0 fully saturated rings. The van der Waals surface area contributed by atoms with Crippen LogP contribution in [0.15, 0.2) is 18.2 Å². The number of hydrogen-bond acceptors (Lipinski definition) is 2. The van der Waals surface area contributed by atoms with Gasteiger partial charge in [-0.15, -0.1) is 0 Å². The molecule has 2 nitrogen and oxygen atoms in total. The number of aliphatic hydroxyl groups excluding tert-OH is 1. The number of aliphatic hydroxyl groups is 1. The third kappa shape index (κ3) is 3.74. The lowest BCUT2D eigenvalue weighted by atomic mass is 9.86. The van der Waals surface area contributed by atoms with Crippen molar-refractivity contribution in [1.82, 2.24) is 0 Å². The molecule has 17 heavy (non-hydrogen) atoms. The second-order valence-corrected chi connectivity index (χ2v) is 5.75. The molecule has 96 valence electrons. The molecule has 0 aliphatic carbocycles. The van der Waals surface area contributed by atoms with Crippen molar-refractivity contribution in [3.8, 4) is 0 Å². The summed E-state index contributed by atoms with van der Waals surface area (Å²) < 4.78 is 0. The highest BCUT2D eigenvalue weighted by molar-refractivity contribution is 5.54. The van der Waals surface area contributed by atoms with E-state index in [0.29, 0.717) is 0 Å². The van der Waals surface area contributed by atoms with Crippen molar-refractivity contribution in [3.05, 3.63) is 29.3 Å². The Balaban J connectivity index is 2.90. The average molecular weight is 235 g/mol. The smallest absolute Gasteiger partial charge is 0.0447 e. The molecule has 1 N–H and O–H groups in total. The van der Waals surface area contributed by atoms with E-state index in [-0.39, 0.29) is 12.0 Å². The van der Waals surface area contributed by atoms with E-state index in [4.69, 9.17) is 5.11 Å². The van der Waals surface area contributed by atoms with Crippen molar-refractivity contribution >= 4 is 5.69 Å². The molecule has 0 aliphatic heterocycles. The van der Waals surface area contributed by atoms with E-state index in [1.807, 2.05) is 0 Å². The van der Waals surface area contributed by atoms with E-state index < -0.39 is 0 Å². The van der Waals surface area contributed by atoms with Crippen LogP contribution < -0.4 is 4.90 Å². The summed E-state index contributed by atoms with van der Waals surface area (Å²) in [6.45, 7) is 10.0. The van der Waals surface area contributed by atoms with Crippen LogP contribution in [0.25, 0.3) is 0 Å². The molecular formula is C15H25NO. The van der Waals surface area contributed by atoms with Crippen LogP contribution in [0, 0.1) is 6.92 Å².